The Morgan fingerprint density at radius 3 is 2.87 bits per heavy atom. The third-order valence-corrected chi connectivity index (χ3v) is 4.89. The average Bonchev–Trinajstić information content (AvgIpc) is 3.29. The molecular weight excluding hydrogens is 312 g/mol. The van der Waals surface area contributed by atoms with E-state index >= 15 is 0 Å². The number of rotatable bonds is 3. The minimum absolute atomic E-state index is 0.0395. The lowest BCUT2D eigenvalue weighted by molar-refractivity contribution is 0.111. The summed E-state index contributed by atoms with van der Waals surface area (Å²) in [6, 6.07) is 9.73. The normalized spacial score (nSPS) is 17.5. The minimum Gasteiger partial charge on any atom is -0.497 e. The standard InChI is InChI=1S/C16H14N4O2S/c1-21-11-6-4-10(5-7-11)14-12(9-17)20-16(18-14)23-15(19-20)13-3-2-8-22-13/h4-7,13H,2-3,8H2,1H3. The highest BCUT2D eigenvalue weighted by Gasteiger charge is 2.24. The van der Waals surface area contributed by atoms with Gasteiger partial charge in [0, 0.05) is 12.2 Å². The molecule has 1 unspecified atom stereocenters. The van der Waals surface area contributed by atoms with Gasteiger partial charge in [0.2, 0.25) is 4.96 Å². The van der Waals surface area contributed by atoms with Gasteiger partial charge in [0.05, 0.1) is 7.11 Å². The van der Waals surface area contributed by atoms with Gasteiger partial charge in [0.1, 0.15) is 28.6 Å². The molecule has 0 radical (unpaired) electrons. The highest BCUT2D eigenvalue weighted by Crippen LogP contribution is 2.34. The van der Waals surface area contributed by atoms with E-state index in [4.69, 9.17) is 9.47 Å². The summed E-state index contributed by atoms with van der Waals surface area (Å²) in [5.74, 6) is 0.770. The van der Waals surface area contributed by atoms with E-state index in [1.54, 1.807) is 11.6 Å². The Hall–Kier alpha value is -2.43. The van der Waals surface area contributed by atoms with E-state index in [0.717, 1.165) is 40.7 Å². The third-order valence-electron chi connectivity index (χ3n) is 3.89. The van der Waals surface area contributed by atoms with E-state index in [0.29, 0.717) is 11.4 Å². The number of hydrogen-bond donors (Lipinski definition) is 0. The summed E-state index contributed by atoms with van der Waals surface area (Å²) in [7, 11) is 1.62. The van der Waals surface area contributed by atoms with Crippen LogP contribution in [0.4, 0.5) is 0 Å². The van der Waals surface area contributed by atoms with Gasteiger partial charge in [0.15, 0.2) is 5.69 Å². The lowest BCUT2D eigenvalue weighted by Gasteiger charge is -2.03. The number of benzene rings is 1. The molecule has 6 nitrogen and oxygen atoms in total. The molecule has 116 valence electrons. The molecule has 0 spiro atoms. The summed E-state index contributed by atoms with van der Waals surface area (Å²) < 4.78 is 12.5. The fourth-order valence-corrected chi connectivity index (χ4v) is 3.70. The van der Waals surface area contributed by atoms with Crippen molar-refractivity contribution in [3.63, 3.8) is 0 Å². The minimum atomic E-state index is 0.0395. The maximum atomic E-state index is 9.54. The summed E-state index contributed by atoms with van der Waals surface area (Å²) in [4.78, 5) is 5.32. The Bertz CT molecular complexity index is 885. The molecule has 3 aromatic rings. The quantitative estimate of drug-likeness (QED) is 0.739. The van der Waals surface area contributed by atoms with Gasteiger partial charge in [-0.3, -0.25) is 0 Å². The summed E-state index contributed by atoms with van der Waals surface area (Å²) in [5, 5.41) is 15.0. The lowest BCUT2D eigenvalue weighted by Crippen LogP contribution is -1.98. The van der Waals surface area contributed by atoms with Crippen molar-refractivity contribution in [1.82, 2.24) is 14.6 Å². The third kappa shape index (κ3) is 2.36. The number of fused-ring (bicyclic) bond motifs is 1. The Morgan fingerprint density at radius 1 is 1.39 bits per heavy atom. The van der Waals surface area contributed by atoms with Gasteiger partial charge in [-0.2, -0.15) is 14.9 Å². The van der Waals surface area contributed by atoms with Crippen LogP contribution in [0.15, 0.2) is 24.3 Å². The van der Waals surface area contributed by atoms with Crippen LogP contribution in [0.3, 0.4) is 0 Å². The second kappa shape index (κ2) is 5.65. The van der Waals surface area contributed by atoms with Crippen molar-refractivity contribution < 1.29 is 9.47 Å². The van der Waals surface area contributed by atoms with Crippen LogP contribution < -0.4 is 4.74 Å². The molecule has 1 saturated heterocycles. The van der Waals surface area contributed by atoms with Crippen molar-refractivity contribution in [3.8, 4) is 23.1 Å². The molecule has 1 atom stereocenters. The number of aromatic nitrogens is 3. The highest BCUT2D eigenvalue weighted by molar-refractivity contribution is 7.16. The van der Waals surface area contributed by atoms with Gasteiger partial charge in [-0.25, -0.2) is 4.98 Å². The molecule has 1 fully saturated rings. The van der Waals surface area contributed by atoms with Crippen LogP contribution >= 0.6 is 11.3 Å². The van der Waals surface area contributed by atoms with Crippen LogP contribution in [0, 0.1) is 11.3 Å². The largest absolute Gasteiger partial charge is 0.497 e. The first-order valence-electron chi connectivity index (χ1n) is 7.35. The molecule has 7 heteroatoms. The average molecular weight is 326 g/mol. The summed E-state index contributed by atoms with van der Waals surface area (Å²) >= 11 is 1.49. The molecular formula is C16H14N4O2S. The van der Waals surface area contributed by atoms with Gasteiger partial charge < -0.3 is 9.47 Å². The van der Waals surface area contributed by atoms with Crippen molar-refractivity contribution in [1.29, 1.82) is 5.26 Å². The Morgan fingerprint density at radius 2 is 2.22 bits per heavy atom. The van der Waals surface area contributed by atoms with Gasteiger partial charge in [-0.1, -0.05) is 11.3 Å². The van der Waals surface area contributed by atoms with Gasteiger partial charge in [-0.15, -0.1) is 0 Å². The molecule has 1 aliphatic rings. The van der Waals surface area contributed by atoms with E-state index in [-0.39, 0.29) is 6.10 Å². The van der Waals surface area contributed by atoms with Crippen LogP contribution in [0.5, 0.6) is 5.75 Å². The van der Waals surface area contributed by atoms with E-state index in [1.165, 1.54) is 11.3 Å². The molecule has 1 aromatic carbocycles. The second-order valence-corrected chi connectivity index (χ2v) is 6.27. The summed E-state index contributed by atoms with van der Waals surface area (Å²) in [5.41, 5.74) is 1.97. The first-order valence-corrected chi connectivity index (χ1v) is 8.17. The molecule has 0 N–H and O–H groups in total. The van der Waals surface area contributed by atoms with Crippen LogP contribution in [0.2, 0.25) is 0 Å². The predicted molar refractivity (Wildman–Crippen MR) is 85.5 cm³/mol. The van der Waals surface area contributed by atoms with E-state index in [9.17, 15) is 5.26 Å². The predicted octanol–water partition coefficient (Wildman–Crippen LogP) is 3.19. The number of hydrogen-bond acceptors (Lipinski definition) is 6. The number of nitrogens with zero attached hydrogens (tertiary/aromatic N) is 4. The lowest BCUT2D eigenvalue weighted by atomic mass is 10.1. The van der Waals surface area contributed by atoms with Crippen molar-refractivity contribution >= 4 is 16.3 Å². The number of methoxy groups -OCH3 is 1. The zero-order valence-corrected chi connectivity index (χ0v) is 13.3. The fourth-order valence-electron chi connectivity index (χ4n) is 2.72. The first kappa shape index (κ1) is 14.2. The molecule has 0 amide bonds. The Labute approximate surface area is 136 Å². The van der Waals surface area contributed by atoms with Crippen molar-refractivity contribution in [2.75, 3.05) is 13.7 Å². The van der Waals surface area contributed by atoms with E-state index in [2.05, 4.69) is 16.2 Å². The summed E-state index contributed by atoms with van der Waals surface area (Å²) in [6.07, 6.45) is 2.07. The SMILES string of the molecule is COc1ccc(-c2nc3sc(C4CCCO4)nn3c2C#N)cc1. The molecule has 0 aliphatic carbocycles. The van der Waals surface area contributed by atoms with Crippen molar-refractivity contribution in [3.05, 3.63) is 35.0 Å². The summed E-state index contributed by atoms with van der Waals surface area (Å²) in [6.45, 7) is 0.773. The van der Waals surface area contributed by atoms with Crippen LogP contribution in [-0.2, 0) is 4.74 Å². The molecule has 0 bridgehead atoms. The number of imidazole rings is 1. The molecule has 1 aliphatic heterocycles. The number of ether oxygens (including phenoxy) is 2. The number of nitriles is 1. The zero-order chi connectivity index (χ0) is 15.8. The molecule has 2 aromatic heterocycles. The molecule has 3 heterocycles. The van der Waals surface area contributed by atoms with Crippen LogP contribution in [-0.4, -0.2) is 28.3 Å². The topological polar surface area (TPSA) is 72.4 Å². The Balaban J connectivity index is 1.78. The maximum Gasteiger partial charge on any atom is 0.214 e. The first-order chi connectivity index (χ1) is 11.3. The van der Waals surface area contributed by atoms with Gasteiger partial charge in [0.25, 0.3) is 0 Å². The van der Waals surface area contributed by atoms with E-state index < -0.39 is 0 Å². The molecule has 0 saturated carbocycles. The highest BCUT2D eigenvalue weighted by atomic mass is 32.1. The molecule has 23 heavy (non-hydrogen) atoms. The molecule has 4 rings (SSSR count). The monoisotopic (exact) mass is 326 g/mol. The van der Waals surface area contributed by atoms with Crippen molar-refractivity contribution in [2.45, 2.75) is 18.9 Å². The van der Waals surface area contributed by atoms with Crippen LogP contribution in [0.25, 0.3) is 16.2 Å². The van der Waals surface area contributed by atoms with Gasteiger partial charge in [-0.05, 0) is 37.1 Å². The van der Waals surface area contributed by atoms with Crippen molar-refractivity contribution in [2.24, 2.45) is 0 Å². The maximum absolute atomic E-state index is 9.54. The van der Waals surface area contributed by atoms with Crippen LogP contribution in [0.1, 0.15) is 29.6 Å². The zero-order valence-electron chi connectivity index (χ0n) is 12.5. The van der Waals surface area contributed by atoms with Gasteiger partial charge >= 0.3 is 0 Å². The second-order valence-electron chi connectivity index (χ2n) is 5.29. The smallest absolute Gasteiger partial charge is 0.214 e. The fraction of sp³-hybridized carbons (Fsp3) is 0.312. The van der Waals surface area contributed by atoms with E-state index in [1.807, 2.05) is 24.3 Å². The Kier molecular flexibility index (Phi) is 3.48.